The summed E-state index contributed by atoms with van der Waals surface area (Å²) >= 11 is 0. The Labute approximate surface area is 267 Å². The van der Waals surface area contributed by atoms with Crippen LogP contribution in [-0.2, 0) is 20.8 Å². The third-order valence-corrected chi connectivity index (χ3v) is 7.11. The maximum absolute atomic E-state index is 13.2. The second kappa shape index (κ2) is 16.6. The van der Waals surface area contributed by atoms with Gasteiger partial charge in [-0.3, -0.25) is 20.4 Å². The van der Waals surface area contributed by atoms with Gasteiger partial charge in [0, 0.05) is 29.6 Å². The van der Waals surface area contributed by atoms with Gasteiger partial charge in [0.1, 0.15) is 23.2 Å². The minimum Gasteiger partial charge on any atom is -0.469 e. The highest BCUT2D eigenvalue weighted by Crippen LogP contribution is 2.27. The van der Waals surface area contributed by atoms with Gasteiger partial charge in [-0.15, -0.1) is 0 Å². The highest BCUT2D eigenvalue weighted by molar-refractivity contribution is 6.04. The number of fused-ring (bicyclic) bond motifs is 1. The smallest absolute Gasteiger partial charge is 0.420 e. The largest absolute Gasteiger partial charge is 0.469 e. The number of hydrogen-bond donors (Lipinski definition) is 4. The summed E-state index contributed by atoms with van der Waals surface area (Å²) in [6.07, 6.45) is 4.23. The van der Waals surface area contributed by atoms with Crippen molar-refractivity contribution in [3.8, 4) is 5.75 Å². The third kappa shape index (κ3) is 9.27. The summed E-state index contributed by atoms with van der Waals surface area (Å²) in [4.78, 5) is 50.4. The molecule has 2 aromatic heterocycles. The Morgan fingerprint density at radius 3 is 2.54 bits per heavy atom. The Kier molecular flexibility index (Phi) is 12.0. The van der Waals surface area contributed by atoms with Crippen LogP contribution >= 0.6 is 0 Å². The predicted molar refractivity (Wildman–Crippen MR) is 174 cm³/mol. The Morgan fingerprint density at radius 1 is 1.02 bits per heavy atom. The van der Waals surface area contributed by atoms with Crippen molar-refractivity contribution >= 4 is 46.5 Å². The minimum atomic E-state index is -0.687. The fraction of sp³-hybridized carbons (Fsp3) is 0.333. The zero-order valence-electron chi connectivity index (χ0n) is 26.2. The molecule has 4 N–H and O–H groups in total. The molecule has 4 rings (SSSR count). The first kappa shape index (κ1) is 33.4. The number of methoxy groups -OCH3 is 1. The number of hydrogen-bond acceptors (Lipinski definition) is 10. The van der Waals surface area contributed by atoms with Crippen LogP contribution in [-0.4, -0.2) is 59.2 Å². The number of esters is 1. The number of aromatic nitrogens is 3. The molecule has 0 saturated carbocycles. The fourth-order valence-electron chi connectivity index (χ4n) is 4.55. The number of carbonyl (C=O) groups excluding carboxylic acids is 3. The number of alkyl carbamates (subject to hydrolysis) is 1. The highest BCUT2D eigenvalue weighted by Gasteiger charge is 2.22. The molecule has 0 aliphatic carbocycles. The average molecular weight is 630 g/mol. The molecule has 0 bridgehead atoms. The van der Waals surface area contributed by atoms with Crippen molar-refractivity contribution in [1.82, 2.24) is 20.3 Å². The Balaban J connectivity index is 1.34. The van der Waals surface area contributed by atoms with Crippen molar-refractivity contribution in [2.45, 2.75) is 52.5 Å². The third-order valence-electron chi connectivity index (χ3n) is 7.11. The average Bonchev–Trinajstić information content (AvgIpc) is 3.49. The molecule has 0 aliphatic rings. The van der Waals surface area contributed by atoms with Gasteiger partial charge >= 0.3 is 18.2 Å². The first-order chi connectivity index (χ1) is 22.3. The molecule has 4 aromatic rings. The van der Waals surface area contributed by atoms with E-state index >= 15 is 0 Å². The summed E-state index contributed by atoms with van der Waals surface area (Å²) < 4.78 is 15.6. The second-order valence-corrected chi connectivity index (χ2v) is 10.4. The number of rotatable bonds is 14. The number of nitrogens with one attached hydrogen (secondary N) is 4. The van der Waals surface area contributed by atoms with Gasteiger partial charge in [0.15, 0.2) is 0 Å². The molecule has 2 amide bonds. The summed E-state index contributed by atoms with van der Waals surface area (Å²) in [7, 11) is 1.29. The van der Waals surface area contributed by atoms with Crippen molar-refractivity contribution < 1.29 is 28.6 Å². The number of carbonyl (C=O) groups is 3. The number of aryl methyl sites for hydroxylation is 1. The van der Waals surface area contributed by atoms with Gasteiger partial charge in [-0.25, -0.2) is 19.6 Å². The van der Waals surface area contributed by atoms with E-state index in [4.69, 9.17) is 24.6 Å². The number of anilines is 2. The molecule has 0 aliphatic heterocycles. The summed E-state index contributed by atoms with van der Waals surface area (Å²) in [5.74, 6) is 0.840. The molecule has 0 unspecified atom stereocenters. The maximum Gasteiger partial charge on any atom is 0.420 e. The molecule has 2 aromatic carbocycles. The molecule has 2 heterocycles. The number of amidine groups is 1. The lowest BCUT2D eigenvalue weighted by Crippen LogP contribution is -2.36. The highest BCUT2D eigenvalue weighted by atomic mass is 16.6. The number of imidazole rings is 1. The Bertz CT molecular complexity index is 1640. The summed E-state index contributed by atoms with van der Waals surface area (Å²) in [5, 5.41) is 13.9. The van der Waals surface area contributed by atoms with Crippen molar-refractivity contribution in [3.63, 3.8) is 0 Å². The van der Waals surface area contributed by atoms with E-state index in [2.05, 4.69) is 27.5 Å². The van der Waals surface area contributed by atoms with E-state index in [1.807, 2.05) is 6.92 Å². The van der Waals surface area contributed by atoms with E-state index < -0.39 is 18.2 Å². The number of amides is 2. The van der Waals surface area contributed by atoms with E-state index in [9.17, 15) is 14.4 Å². The lowest BCUT2D eigenvalue weighted by Gasteiger charge is -2.21. The summed E-state index contributed by atoms with van der Waals surface area (Å²) in [6.45, 7) is 4.67. The SMILES string of the molecule is CCCCCCOC(=O)NC(=N)c1ccc(NCc2nc3c(C)c(OC(=O)N(CCC(=O)OC)c4ccccn4)ccc3[nH]2)cc1. The molecule has 13 nitrogen and oxygen atoms in total. The quantitative estimate of drug-likeness (QED) is 0.0558. The fourth-order valence-corrected chi connectivity index (χ4v) is 4.55. The maximum atomic E-state index is 13.2. The van der Waals surface area contributed by atoms with Gasteiger partial charge in [0.2, 0.25) is 0 Å². The number of ether oxygens (including phenoxy) is 3. The zero-order chi connectivity index (χ0) is 32.9. The molecule has 242 valence electrons. The Hall–Kier alpha value is -5.46. The molecule has 46 heavy (non-hydrogen) atoms. The van der Waals surface area contributed by atoms with E-state index in [1.165, 1.54) is 12.0 Å². The van der Waals surface area contributed by atoms with Crippen molar-refractivity contribution in [2.24, 2.45) is 0 Å². The molecular formula is C33H39N7O6. The number of benzene rings is 2. The number of H-pyrrole nitrogens is 1. The molecule has 0 spiro atoms. The number of aromatic amines is 1. The normalized spacial score (nSPS) is 10.7. The van der Waals surface area contributed by atoms with Crippen LogP contribution < -0.4 is 20.3 Å². The van der Waals surface area contributed by atoms with Crippen molar-refractivity contribution in [3.05, 3.63) is 77.7 Å². The predicted octanol–water partition coefficient (Wildman–Crippen LogP) is 6.08. The number of pyridine rings is 1. The van der Waals surface area contributed by atoms with Crippen LogP contribution in [0.25, 0.3) is 11.0 Å². The molecular weight excluding hydrogens is 590 g/mol. The van der Waals surface area contributed by atoms with Crippen molar-refractivity contribution in [2.75, 3.05) is 30.5 Å². The van der Waals surface area contributed by atoms with Crippen LogP contribution in [0.3, 0.4) is 0 Å². The van der Waals surface area contributed by atoms with E-state index in [-0.39, 0.29) is 18.8 Å². The molecule has 0 radical (unpaired) electrons. The number of nitrogens with zero attached hydrogens (tertiary/aromatic N) is 3. The van der Waals surface area contributed by atoms with E-state index in [1.54, 1.807) is 60.8 Å². The molecule has 0 saturated heterocycles. The monoisotopic (exact) mass is 629 g/mol. The van der Waals surface area contributed by atoms with Crippen LogP contribution in [0.4, 0.5) is 21.1 Å². The van der Waals surface area contributed by atoms with Gasteiger partial charge in [-0.05, 0) is 61.9 Å². The van der Waals surface area contributed by atoms with E-state index in [0.717, 1.165) is 36.9 Å². The van der Waals surface area contributed by atoms with Gasteiger partial charge in [0.25, 0.3) is 0 Å². The first-order valence-electron chi connectivity index (χ1n) is 15.1. The topological polar surface area (TPSA) is 172 Å². The summed E-state index contributed by atoms with van der Waals surface area (Å²) in [5.41, 5.74) is 3.42. The van der Waals surface area contributed by atoms with Crippen molar-refractivity contribution in [1.29, 1.82) is 5.41 Å². The van der Waals surface area contributed by atoms with Crippen LogP contribution in [0, 0.1) is 12.3 Å². The van der Waals surface area contributed by atoms with Gasteiger partial charge < -0.3 is 24.5 Å². The minimum absolute atomic E-state index is 0.0219. The van der Waals surface area contributed by atoms with E-state index in [0.29, 0.717) is 47.2 Å². The van der Waals surface area contributed by atoms with Gasteiger partial charge in [-0.1, -0.05) is 32.3 Å². The lowest BCUT2D eigenvalue weighted by molar-refractivity contribution is -0.140. The summed E-state index contributed by atoms with van der Waals surface area (Å²) in [6, 6.07) is 15.7. The van der Waals surface area contributed by atoms with Crippen LogP contribution in [0.15, 0.2) is 60.8 Å². The standard InChI is InChI=1S/C33H39N7O6/c1-4-5-6-9-20-45-32(42)39-31(34)23-11-13-24(14-12-23)36-21-27-37-25-15-16-26(22(2)30(25)38-27)46-33(43)40(19-17-29(41)44-3)28-10-7-8-18-35-28/h7-8,10-16,18,36H,4-6,9,17,19-21H2,1-3H3,(H,37,38)(H2,34,39,42). The van der Waals surface area contributed by atoms with Crippen LogP contribution in [0.5, 0.6) is 5.75 Å². The zero-order valence-corrected chi connectivity index (χ0v) is 26.2. The first-order valence-corrected chi connectivity index (χ1v) is 15.1. The van der Waals surface area contributed by atoms with Gasteiger partial charge in [-0.2, -0.15) is 0 Å². The van der Waals surface area contributed by atoms with Crippen LogP contribution in [0.2, 0.25) is 0 Å². The van der Waals surface area contributed by atoms with Crippen LogP contribution in [0.1, 0.15) is 56.0 Å². The number of unbranched alkanes of at least 4 members (excludes halogenated alkanes) is 3. The van der Waals surface area contributed by atoms with Gasteiger partial charge in [0.05, 0.1) is 37.7 Å². The molecule has 0 atom stereocenters. The second-order valence-electron chi connectivity index (χ2n) is 10.4. The Morgan fingerprint density at radius 2 is 1.83 bits per heavy atom. The molecule has 13 heteroatoms. The lowest BCUT2D eigenvalue weighted by atomic mass is 10.2. The molecule has 0 fully saturated rings.